The maximum atomic E-state index is 13.1. The molecule has 12 heteroatoms. The summed E-state index contributed by atoms with van der Waals surface area (Å²) >= 11 is 18.8. The minimum Gasteiger partial charge on any atom is -0.486 e. The number of nitro groups is 1. The minimum atomic E-state index is -0.905. The van der Waals surface area contributed by atoms with Crippen molar-refractivity contribution in [2.75, 3.05) is 4.90 Å². The number of nitrogens with one attached hydrogen (secondary N) is 1. The molecule has 4 amide bonds. The highest BCUT2D eigenvalue weighted by molar-refractivity contribution is 6.40. The Morgan fingerprint density at radius 1 is 0.973 bits per heavy atom. The molecule has 1 aliphatic heterocycles. The molecular formula is C25H16Cl3N3O6. The first-order valence-corrected chi connectivity index (χ1v) is 11.7. The van der Waals surface area contributed by atoms with E-state index < -0.39 is 22.8 Å². The molecule has 0 spiro atoms. The summed E-state index contributed by atoms with van der Waals surface area (Å²) in [5.41, 5.74) is 1.54. The number of aryl methyl sites for hydroxylation is 1. The second-order valence-corrected chi connectivity index (χ2v) is 9.14. The number of nitrogens with zero attached hydrogens (tertiary/aromatic N) is 2. The van der Waals surface area contributed by atoms with Gasteiger partial charge in [-0.15, -0.1) is 0 Å². The van der Waals surface area contributed by atoms with Gasteiger partial charge in [0, 0.05) is 17.2 Å². The molecule has 0 aliphatic carbocycles. The van der Waals surface area contributed by atoms with Crippen molar-refractivity contribution in [2.45, 2.75) is 13.5 Å². The number of carbonyl (C=O) groups excluding carboxylic acids is 3. The van der Waals surface area contributed by atoms with Crippen LogP contribution in [0, 0.1) is 17.0 Å². The van der Waals surface area contributed by atoms with Crippen molar-refractivity contribution < 1.29 is 24.0 Å². The molecule has 1 N–H and O–H groups in total. The number of barbiturate groups is 1. The maximum Gasteiger partial charge on any atom is 0.335 e. The van der Waals surface area contributed by atoms with Crippen molar-refractivity contribution in [1.29, 1.82) is 0 Å². The van der Waals surface area contributed by atoms with Crippen molar-refractivity contribution >= 4 is 70.1 Å². The van der Waals surface area contributed by atoms with E-state index in [0.29, 0.717) is 16.1 Å². The summed E-state index contributed by atoms with van der Waals surface area (Å²) in [4.78, 5) is 49.1. The molecule has 0 aromatic heterocycles. The van der Waals surface area contributed by atoms with E-state index in [1.165, 1.54) is 42.5 Å². The molecule has 188 valence electrons. The van der Waals surface area contributed by atoms with E-state index in [9.17, 15) is 24.5 Å². The number of nitro benzene ring substituents is 1. The third kappa shape index (κ3) is 5.59. The molecule has 0 saturated carbocycles. The van der Waals surface area contributed by atoms with Gasteiger partial charge in [-0.05, 0) is 66.1 Å². The van der Waals surface area contributed by atoms with E-state index in [2.05, 4.69) is 5.32 Å². The number of benzene rings is 3. The van der Waals surface area contributed by atoms with Gasteiger partial charge in [-0.2, -0.15) is 0 Å². The topological polar surface area (TPSA) is 119 Å². The monoisotopic (exact) mass is 559 g/mol. The molecule has 1 aliphatic rings. The third-order valence-corrected chi connectivity index (χ3v) is 6.35. The molecule has 0 unspecified atom stereocenters. The lowest BCUT2D eigenvalue weighted by molar-refractivity contribution is -0.384. The number of rotatable bonds is 6. The summed E-state index contributed by atoms with van der Waals surface area (Å²) in [6, 6.07) is 12.4. The zero-order chi connectivity index (χ0) is 26.9. The van der Waals surface area contributed by atoms with Crippen LogP contribution in [-0.4, -0.2) is 22.8 Å². The number of anilines is 1. The van der Waals surface area contributed by atoms with Crippen LogP contribution in [0.1, 0.15) is 16.7 Å². The average molecular weight is 561 g/mol. The highest BCUT2D eigenvalue weighted by atomic mass is 35.5. The first-order valence-electron chi connectivity index (χ1n) is 10.6. The summed E-state index contributed by atoms with van der Waals surface area (Å²) < 4.78 is 5.68. The molecule has 4 rings (SSSR count). The summed E-state index contributed by atoms with van der Waals surface area (Å²) in [5.74, 6) is -1.58. The van der Waals surface area contributed by atoms with E-state index in [-0.39, 0.29) is 39.3 Å². The SMILES string of the molecule is Cc1ccc(N2C(=O)NC(=O)/C(=C/c3cc(Cl)c(OCc4ccc([N+](=O)[O-])cc4)c(Cl)c3)C2=O)cc1Cl. The van der Waals surface area contributed by atoms with Crippen LogP contribution in [0.25, 0.3) is 6.08 Å². The first kappa shape index (κ1) is 26.2. The number of urea groups is 1. The number of carbonyl (C=O) groups is 3. The van der Waals surface area contributed by atoms with Crippen molar-refractivity contribution in [2.24, 2.45) is 0 Å². The zero-order valence-corrected chi connectivity index (χ0v) is 21.2. The Bertz CT molecular complexity index is 1460. The van der Waals surface area contributed by atoms with E-state index in [4.69, 9.17) is 39.5 Å². The van der Waals surface area contributed by atoms with Crippen molar-refractivity contribution in [3.63, 3.8) is 0 Å². The number of imide groups is 2. The van der Waals surface area contributed by atoms with Crippen molar-refractivity contribution in [3.8, 4) is 5.75 Å². The molecule has 0 radical (unpaired) electrons. The number of amides is 4. The van der Waals surface area contributed by atoms with Gasteiger partial charge in [0.2, 0.25) is 0 Å². The number of hydrogen-bond donors (Lipinski definition) is 1. The third-order valence-electron chi connectivity index (χ3n) is 5.38. The lowest BCUT2D eigenvalue weighted by Crippen LogP contribution is -2.54. The highest BCUT2D eigenvalue weighted by Crippen LogP contribution is 2.36. The summed E-state index contributed by atoms with van der Waals surface area (Å²) in [5, 5.41) is 13.5. The van der Waals surface area contributed by atoms with E-state index in [1.807, 2.05) is 0 Å². The molecule has 1 heterocycles. The standard InChI is InChI=1S/C25H16Cl3N3O6/c1-13-2-5-17(11-19(13)26)30-24(33)18(23(32)29-25(30)34)8-15-9-20(27)22(21(28)10-15)37-12-14-3-6-16(7-4-14)31(35)36/h2-11H,12H2,1H3,(H,29,32,34)/b18-8-. The fourth-order valence-electron chi connectivity index (χ4n) is 3.45. The van der Waals surface area contributed by atoms with Gasteiger partial charge in [-0.3, -0.25) is 25.0 Å². The van der Waals surface area contributed by atoms with Crippen LogP contribution in [0.2, 0.25) is 15.1 Å². The Morgan fingerprint density at radius 2 is 1.62 bits per heavy atom. The molecule has 3 aromatic rings. The van der Waals surface area contributed by atoms with Crippen LogP contribution in [-0.2, 0) is 16.2 Å². The molecule has 0 bridgehead atoms. The summed E-state index contributed by atoms with van der Waals surface area (Å²) in [6.45, 7) is 1.81. The molecule has 1 fully saturated rings. The number of hydrogen-bond acceptors (Lipinski definition) is 6. The van der Waals surface area contributed by atoms with Crippen LogP contribution in [0.5, 0.6) is 5.75 Å². The largest absolute Gasteiger partial charge is 0.486 e. The second kappa shape index (κ2) is 10.6. The van der Waals surface area contributed by atoms with Gasteiger partial charge in [-0.25, -0.2) is 9.69 Å². The van der Waals surface area contributed by atoms with Gasteiger partial charge in [0.1, 0.15) is 12.2 Å². The van der Waals surface area contributed by atoms with Crippen LogP contribution in [0.4, 0.5) is 16.2 Å². The van der Waals surface area contributed by atoms with E-state index in [1.54, 1.807) is 25.1 Å². The van der Waals surface area contributed by atoms with Crippen LogP contribution in [0.15, 0.2) is 60.2 Å². The first-order chi connectivity index (χ1) is 17.5. The molecule has 3 aromatic carbocycles. The van der Waals surface area contributed by atoms with E-state index in [0.717, 1.165) is 10.5 Å². The maximum absolute atomic E-state index is 13.1. The lowest BCUT2D eigenvalue weighted by atomic mass is 10.1. The average Bonchev–Trinajstić information content (AvgIpc) is 2.83. The van der Waals surface area contributed by atoms with Gasteiger partial charge in [-0.1, -0.05) is 40.9 Å². The van der Waals surface area contributed by atoms with Crippen LogP contribution < -0.4 is 15.0 Å². The van der Waals surface area contributed by atoms with Crippen molar-refractivity contribution in [1.82, 2.24) is 5.32 Å². The van der Waals surface area contributed by atoms with Gasteiger partial charge >= 0.3 is 6.03 Å². The Kier molecular flexibility index (Phi) is 7.49. The number of halogens is 3. The van der Waals surface area contributed by atoms with Gasteiger partial charge < -0.3 is 4.74 Å². The van der Waals surface area contributed by atoms with Gasteiger partial charge in [0.15, 0.2) is 5.75 Å². The molecule has 37 heavy (non-hydrogen) atoms. The number of ether oxygens (including phenoxy) is 1. The highest BCUT2D eigenvalue weighted by Gasteiger charge is 2.37. The smallest absolute Gasteiger partial charge is 0.335 e. The fraction of sp³-hybridized carbons (Fsp3) is 0.0800. The predicted molar refractivity (Wildman–Crippen MR) is 139 cm³/mol. The molecule has 1 saturated heterocycles. The van der Waals surface area contributed by atoms with Gasteiger partial charge in [0.05, 0.1) is 20.7 Å². The fourth-order valence-corrected chi connectivity index (χ4v) is 4.24. The summed E-state index contributed by atoms with van der Waals surface area (Å²) in [7, 11) is 0. The quantitative estimate of drug-likeness (QED) is 0.168. The number of non-ortho nitro benzene ring substituents is 1. The second-order valence-electron chi connectivity index (χ2n) is 7.92. The van der Waals surface area contributed by atoms with Crippen LogP contribution in [0.3, 0.4) is 0 Å². The summed E-state index contributed by atoms with van der Waals surface area (Å²) in [6.07, 6.45) is 1.25. The molecule has 0 atom stereocenters. The Balaban J connectivity index is 1.58. The normalized spacial score (nSPS) is 14.6. The Hall–Kier alpha value is -3.92. The van der Waals surface area contributed by atoms with Gasteiger partial charge in [0.25, 0.3) is 17.5 Å². The molecular weight excluding hydrogens is 545 g/mol. The Morgan fingerprint density at radius 3 is 2.22 bits per heavy atom. The van der Waals surface area contributed by atoms with E-state index >= 15 is 0 Å². The van der Waals surface area contributed by atoms with Crippen LogP contribution >= 0.6 is 34.8 Å². The Labute approximate surface area is 225 Å². The minimum absolute atomic E-state index is 0.0366. The molecule has 9 nitrogen and oxygen atoms in total. The lowest BCUT2D eigenvalue weighted by Gasteiger charge is -2.26. The predicted octanol–water partition coefficient (Wildman–Crippen LogP) is 6.11. The van der Waals surface area contributed by atoms with Crippen molar-refractivity contribution in [3.05, 3.63) is 102 Å². The zero-order valence-electron chi connectivity index (χ0n) is 19.0.